The molecule has 1 aliphatic heterocycles. The molecular formula is C16H25N5O2. The molecule has 2 amide bonds. The molecule has 126 valence electrons. The van der Waals surface area contributed by atoms with Crippen molar-refractivity contribution in [2.75, 3.05) is 33.7 Å². The molecule has 1 aromatic heterocycles. The van der Waals surface area contributed by atoms with Gasteiger partial charge in [-0.1, -0.05) is 6.08 Å². The fourth-order valence-corrected chi connectivity index (χ4v) is 2.62. The third-order valence-electron chi connectivity index (χ3n) is 3.79. The maximum absolute atomic E-state index is 12.4. The minimum absolute atomic E-state index is 0.208. The molecule has 0 aliphatic carbocycles. The summed E-state index contributed by atoms with van der Waals surface area (Å²) >= 11 is 0. The van der Waals surface area contributed by atoms with Crippen molar-refractivity contribution in [2.45, 2.75) is 25.8 Å². The molecule has 0 spiro atoms. The number of imidazole rings is 1. The summed E-state index contributed by atoms with van der Waals surface area (Å²) < 4.78 is 1.88. The van der Waals surface area contributed by atoms with E-state index in [1.54, 1.807) is 6.08 Å². The monoisotopic (exact) mass is 319 g/mol. The van der Waals surface area contributed by atoms with Gasteiger partial charge in [0, 0.05) is 26.2 Å². The zero-order valence-corrected chi connectivity index (χ0v) is 13.9. The van der Waals surface area contributed by atoms with Crippen molar-refractivity contribution >= 4 is 11.8 Å². The Kier molecular flexibility index (Phi) is 5.92. The Morgan fingerprint density at radius 3 is 2.78 bits per heavy atom. The Hall–Kier alpha value is -2.15. The van der Waals surface area contributed by atoms with Crippen LogP contribution in [-0.2, 0) is 13.0 Å². The number of hydrogen-bond acceptors (Lipinski definition) is 4. The number of carbonyl (C=O) groups excluding carboxylic acids is 2. The smallest absolute Gasteiger partial charge is 0.287 e. The molecule has 23 heavy (non-hydrogen) atoms. The Morgan fingerprint density at radius 1 is 1.30 bits per heavy atom. The number of aromatic nitrogens is 2. The molecule has 7 heteroatoms. The second-order valence-electron chi connectivity index (χ2n) is 5.90. The zero-order chi connectivity index (χ0) is 16.8. The lowest BCUT2D eigenvalue weighted by Gasteiger charge is -2.17. The summed E-state index contributed by atoms with van der Waals surface area (Å²) in [5, 5.41) is 5.60. The number of carbonyl (C=O) groups is 2. The molecule has 0 aromatic carbocycles. The lowest BCUT2D eigenvalue weighted by molar-refractivity contribution is 0.0941. The predicted molar refractivity (Wildman–Crippen MR) is 88.6 cm³/mol. The first-order valence-corrected chi connectivity index (χ1v) is 7.96. The number of nitrogens with one attached hydrogen (secondary N) is 2. The molecular weight excluding hydrogens is 294 g/mol. The van der Waals surface area contributed by atoms with Crippen molar-refractivity contribution in [3.8, 4) is 0 Å². The topological polar surface area (TPSA) is 79.3 Å². The van der Waals surface area contributed by atoms with Crippen LogP contribution >= 0.6 is 0 Å². The number of amides is 2. The summed E-state index contributed by atoms with van der Waals surface area (Å²) in [7, 11) is 3.90. The molecule has 2 rings (SSSR count). The fourth-order valence-electron chi connectivity index (χ4n) is 2.62. The van der Waals surface area contributed by atoms with Crippen LogP contribution in [0.5, 0.6) is 0 Å². The van der Waals surface area contributed by atoms with E-state index in [0.717, 1.165) is 38.0 Å². The number of rotatable bonds is 7. The van der Waals surface area contributed by atoms with E-state index < -0.39 is 0 Å². The molecule has 0 bridgehead atoms. The second kappa shape index (κ2) is 7.92. The van der Waals surface area contributed by atoms with Crippen LogP contribution in [0.1, 0.15) is 39.6 Å². The van der Waals surface area contributed by atoms with Gasteiger partial charge in [-0.2, -0.15) is 0 Å². The van der Waals surface area contributed by atoms with Gasteiger partial charge in [-0.3, -0.25) is 9.59 Å². The van der Waals surface area contributed by atoms with Gasteiger partial charge in [0.15, 0.2) is 5.82 Å². The van der Waals surface area contributed by atoms with Crippen molar-refractivity contribution < 1.29 is 9.59 Å². The summed E-state index contributed by atoms with van der Waals surface area (Å²) in [5.74, 6) is -0.153. The molecule has 1 aromatic rings. The van der Waals surface area contributed by atoms with Crippen LogP contribution in [-0.4, -0.2) is 60.0 Å². The summed E-state index contributed by atoms with van der Waals surface area (Å²) in [6, 6.07) is 0. The van der Waals surface area contributed by atoms with E-state index in [9.17, 15) is 9.59 Å². The van der Waals surface area contributed by atoms with E-state index in [2.05, 4.69) is 22.2 Å². The van der Waals surface area contributed by atoms with Crippen LogP contribution in [0.3, 0.4) is 0 Å². The highest BCUT2D eigenvalue weighted by Crippen LogP contribution is 2.21. The predicted octanol–water partition coefficient (Wildman–Crippen LogP) is 0.427. The van der Waals surface area contributed by atoms with E-state index in [1.165, 1.54) is 0 Å². The largest absolute Gasteiger partial charge is 0.349 e. The van der Waals surface area contributed by atoms with Gasteiger partial charge in [0.25, 0.3) is 11.8 Å². The van der Waals surface area contributed by atoms with Crippen LogP contribution in [0.4, 0.5) is 0 Å². The van der Waals surface area contributed by atoms with Crippen molar-refractivity contribution in [1.82, 2.24) is 25.1 Å². The molecule has 0 atom stereocenters. The molecule has 0 saturated carbocycles. The molecule has 1 aliphatic rings. The molecule has 2 heterocycles. The van der Waals surface area contributed by atoms with Gasteiger partial charge in [0.05, 0.1) is 5.69 Å². The van der Waals surface area contributed by atoms with E-state index in [-0.39, 0.29) is 11.8 Å². The normalized spacial score (nSPS) is 13.5. The van der Waals surface area contributed by atoms with E-state index in [1.807, 2.05) is 23.6 Å². The van der Waals surface area contributed by atoms with E-state index in [4.69, 9.17) is 0 Å². The van der Waals surface area contributed by atoms with Gasteiger partial charge in [0.1, 0.15) is 5.69 Å². The van der Waals surface area contributed by atoms with E-state index in [0.29, 0.717) is 24.6 Å². The number of hydrogen-bond donors (Lipinski definition) is 2. The average Bonchev–Trinajstić information content (AvgIpc) is 2.92. The third kappa shape index (κ3) is 4.19. The highest BCUT2D eigenvalue weighted by Gasteiger charge is 2.27. The molecule has 0 radical (unpaired) electrons. The second-order valence-corrected chi connectivity index (χ2v) is 5.90. The Morgan fingerprint density at radius 2 is 2.09 bits per heavy atom. The Bertz CT molecular complexity index is 592. The van der Waals surface area contributed by atoms with Crippen LogP contribution in [0.25, 0.3) is 0 Å². The van der Waals surface area contributed by atoms with Crippen LogP contribution < -0.4 is 10.6 Å². The summed E-state index contributed by atoms with van der Waals surface area (Å²) in [5.41, 5.74) is 1.24. The molecule has 0 fully saturated rings. The molecule has 2 N–H and O–H groups in total. The highest BCUT2D eigenvalue weighted by atomic mass is 16.2. The first-order chi connectivity index (χ1) is 11.0. The first kappa shape index (κ1) is 17.2. The van der Waals surface area contributed by atoms with Gasteiger partial charge >= 0.3 is 0 Å². The summed E-state index contributed by atoms with van der Waals surface area (Å²) in [4.78, 5) is 31.0. The van der Waals surface area contributed by atoms with Crippen molar-refractivity contribution in [1.29, 1.82) is 0 Å². The van der Waals surface area contributed by atoms with Gasteiger partial charge in [-0.05, 0) is 33.4 Å². The maximum Gasteiger partial charge on any atom is 0.287 e. The van der Waals surface area contributed by atoms with Gasteiger partial charge in [-0.15, -0.1) is 6.58 Å². The van der Waals surface area contributed by atoms with Gasteiger partial charge < -0.3 is 20.1 Å². The lowest BCUT2D eigenvalue weighted by atomic mass is 10.1. The first-order valence-electron chi connectivity index (χ1n) is 7.96. The standard InChI is InChI=1S/C16H25N5O2/c1-4-8-17-16(23)14-19-13(12-7-5-6-10-21(12)14)15(22)18-9-11-20(2)3/h4H,1,5-11H2,2-3H3,(H,17,23)(H,18,22). The molecule has 0 saturated heterocycles. The average molecular weight is 319 g/mol. The van der Waals surface area contributed by atoms with Crippen LogP contribution in [0.2, 0.25) is 0 Å². The third-order valence-corrected chi connectivity index (χ3v) is 3.79. The summed E-state index contributed by atoms with van der Waals surface area (Å²) in [6.45, 7) is 6.00. The van der Waals surface area contributed by atoms with Crippen LogP contribution in [0.15, 0.2) is 12.7 Å². The molecule has 0 unspecified atom stereocenters. The SMILES string of the molecule is C=CCNC(=O)c1nc(C(=O)NCCN(C)C)c2n1CCCC2. The zero-order valence-electron chi connectivity index (χ0n) is 13.9. The van der Waals surface area contributed by atoms with Crippen molar-refractivity contribution in [2.24, 2.45) is 0 Å². The summed E-state index contributed by atoms with van der Waals surface area (Å²) in [6.07, 6.45) is 4.40. The minimum Gasteiger partial charge on any atom is -0.349 e. The lowest BCUT2D eigenvalue weighted by Crippen LogP contribution is -2.32. The number of likely N-dealkylation sites (N-methyl/N-ethyl adjacent to an activating group) is 1. The number of nitrogens with zero attached hydrogens (tertiary/aromatic N) is 3. The highest BCUT2D eigenvalue weighted by molar-refractivity contribution is 5.97. The maximum atomic E-state index is 12.4. The Balaban J connectivity index is 2.19. The van der Waals surface area contributed by atoms with E-state index >= 15 is 0 Å². The van der Waals surface area contributed by atoms with Crippen LogP contribution in [0, 0.1) is 0 Å². The molecule has 7 nitrogen and oxygen atoms in total. The van der Waals surface area contributed by atoms with Gasteiger partial charge in [0.2, 0.25) is 0 Å². The Labute approximate surface area is 136 Å². The minimum atomic E-state index is -0.264. The van der Waals surface area contributed by atoms with Crippen molar-refractivity contribution in [3.05, 3.63) is 29.9 Å². The number of fused-ring (bicyclic) bond motifs is 1. The van der Waals surface area contributed by atoms with Gasteiger partial charge in [-0.25, -0.2) is 4.98 Å². The fraction of sp³-hybridized carbons (Fsp3) is 0.562. The quantitative estimate of drug-likeness (QED) is 0.714. The van der Waals surface area contributed by atoms with Crippen molar-refractivity contribution in [3.63, 3.8) is 0 Å².